The van der Waals surface area contributed by atoms with Crippen LogP contribution in [0.2, 0.25) is 0 Å². The van der Waals surface area contributed by atoms with Crippen LogP contribution in [0.15, 0.2) is 16.7 Å². The molecule has 4 heteroatoms. The van der Waals surface area contributed by atoms with Gasteiger partial charge < -0.3 is 9.52 Å². The maximum Gasteiger partial charge on any atom is 0.323 e. The zero-order chi connectivity index (χ0) is 12.8. The fourth-order valence-electron chi connectivity index (χ4n) is 3.50. The zero-order valence-electron chi connectivity index (χ0n) is 10.7. The molecule has 2 atom stereocenters. The molecule has 1 N–H and O–H groups in total. The maximum atomic E-state index is 11.6. The number of furan rings is 1. The molecular weight excluding hydrogens is 230 g/mol. The first-order valence-corrected chi connectivity index (χ1v) is 6.69. The highest BCUT2D eigenvalue weighted by Crippen LogP contribution is 2.42. The maximum absolute atomic E-state index is 11.6. The fraction of sp³-hybridized carbons (Fsp3) is 0.643. The van der Waals surface area contributed by atoms with E-state index in [4.69, 9.17) is 4.42 Å². The van der Waals surface area contributed by atoms with E-state index in [1.807, 2.05) is 13.0 Å². The molecule has 1 fully saturated rings. The molecule has 2 heterocycles. The number of rotatable bonds is 2. The number of hydrogen-bond acceptors (Lipinski definition) is 3. The van der Waals surface area contributed by atoms with Gasteiger partial charge in [-0.25, -0.2) is 0 Å². The summed E-state index contributed by atoms with van der Waals surface area (Å²) in [6.07, 6.45) is 6.54. The largest absolute Gasteiger partial charge is 0.480 e. The Kier molecular flexibility index (Phi) is 2.70. The van der Waals surface area contributed by atoms with Crippen molar-refractivity contribution in [3.63, 3.8) is 0 Å². The summed E-state index contributed by atoms with van der Waals surface area (Å²) in [6.45, 7) is 2.73. The highest BCUT2D eigenvalue weighted by molar-refractivity contribution is 5.78. The van der Waals surface area contributed by atoms with Gasteiger partial charge in [0, 0.05) is 18.0 Å². The number of aryl methyl sites for hydroxylation is 1. The Labute approximate surface area is 107 Å². The zero-order valence-corrected chi connectivity index (χ0v) is 10.7. The second kappa shape index (κ2) is 4.12. The minimum Gasteiger partial charge on any atom is -0.480 e. The van der Waals surface area contributed by atoms with Crippen LogP contribution >= 0.6 is 0 Å². The molecule has 0 saturated carbocycles. The Bertz CT molecular complexity index is 467. The minimum atomic E-state index is -0.712. The van der Waals surface area contributed by atoms with Gasteiger partial charge in [0.25, 0.3) is 0 Å². The van der Waals surface area contributed by atoms with Crippen LogP contribution in [0.25, 0.3) is 0 Å². The van der Waals surface area contributed by atoms with E-state index in [2.05, 4.69) is 4.90 Å². The number of carboxylic acid groups (broad SMARTS) is 1. The van der Waals surface area contributed by atoms with E-state index in [1.54, 1.807) is 6.26 Å². The highest BCUT2D eigenvalue weighted by atomic mass is 16.4. The van der Waals surface area contributed by atoms with Crippen LogP contribution in [-0.2, 0) is 11.2 Å². The minimum absolute atomic E-state index is 0.219. The van der Waals surface area contributed by atoms with Gasteiger partial charge in [0.1, 0.15) is 11.3 Å². The summed E-state index contributed by atoms with van der Waals surface area (Å²) in [7, 11) is 0. The van der Waals surface area contributed by atoms with E-state index in [0.29, 0.717) is 0 Å². The lowest BCUT2D eigenvalue weighted by Gasteiger charge is -2.39. The fourth-order valence-corrected chi connectivity index (χ4v) is 3.50. The molecule has 1 aromatic heterocycles. The summed E-state index contributed by atoms with van der Waals surface area (Å²) in [4.78, 5) is 13.7. The molecule has 0 spiro atoms. The quantitative estimate of drug-likeness (QED) is 0.875. The van der Waals surface area contributed by atoms with Crippen LogP contribution in [0.1, 0.15) is 50.0 Å². The van der Waals surface area contributed by atoms with Gasteiger partial charge >= 0.3 is 5.97 Å². The SMILES string of the molecule is CC1(C(=O)O)CCCN1C1CCCc2occc21. The summed E-state index contributed by atoms with van der Waals surface area (Å²) in [5, 5.41) is 9.51. The molecule has 98 valence electrons. The molecule has 2 unspecified atom stereocenters. The topological polar surface area (TPSA) is 53.7 Å². The van der Waals surface area contributed by atoms with Crippen molar-refractivity contribution < 1.29 is 14.3 Å². The predicted molar refractivity (Wildman–Crippen MR) is 66.4 cm³/mol. The number of nitrogens with zero attached hydrogens (tertiary/aromatic N) is 1. The molecule has 1 aliphatic carbocycles. The second-order valence-electron chi connectivity index (χ2n) is 5.58. The van der Waals surface area contributed by atoms with E-state index in [0.717, 1.165) is 44.4 Å². The van der Waals surface area contributed by atoms with Gasteiger partial charge in [-0.2, -0.15) is 0 Å². The third-order valence-corrected chi connectivity index (χ3v) is 4.55. The smallest absolute Gasteiger partial charge is 0.323 e. The van der Waals surface area contributed by atoms with E-state index in [9.17, 15) is 9.90 Å². The second-order valence-corrected chi connectivity index (χ2v) is 5.58. The first-order valence-electron chi connectivity index (χ1n) is 6.69. The van der Waals surface area contributed by atoms with Crippen LogP contribution < -0.4 is 0 Å². The Morgan fingerprint density at radius 3 is 3.17 bits per heavy atom. The number of carbonyl (C=O) groups is 1. The molecule has 0 aromatic carbocycles. The van der Waals surface area contributed by atoms with Gasteiger partial charge in [0.2, 0.25) is 0 Å². The van der Waals surface area contributed by atoms with Gasteiger partial charge in [0.05, 0.1) is 6.26 Å². The van der Waals surface area contributed by atoms with E-state index < -0.39 is 11.5 Å². The number of carboxylic acids is 1. The summed E-state index contributed by atoms with van der Waals surface area (Å²) >= 11 is 0. The van der Waals surface area contributed by atoms with Crippen LogP contribution in [-0.4, -0.2) is 28.1 Å². The Hall–Kier alpha value is -1.29. The Balaban J connectivity index is 1.95. The predicted octanol–water partition coefficient (Wildman–Crippen LogP) is 2.60. The van der Waals surface area contributed by atoms with Crippen molar-refractivity contribution in [1.29, 1.82) is 0 Å². The van der Waals surface area contributed by atoms with Gasteiger partial charge in [-0.05, 0) is 45.2 Å². The molecule has 0 radical (unpaired) electrons. The van der Waals surface area contributed by atoms with Gasteiger partial charge in [0.15, 0.2) is 0 Å². The lowest BCUT2D eigenvalue weighted by atomic mass is 9.89. The first kappa shape index (κ1) is 11.8. The Morgan fingerprint density at radius 2 is 2.39 bits per heavy atom. The van der Waals surface area contributed by atoms with Crippen molar-refractivity contribution >= 4 is 5.97 Å². The molecule has 1 aromatic rings. The molecule has 18 heavy (non-hydrogen) atoms. The summed E-state index contributed by atoms with van der Waals surface area (Å²) in [5.74, 6) is 0.349. The lowest BCUT2D eigenvalue weighted by Crippen LogP contribution is -2.49. The molecule has 0 amide bonds. The van der Waals surface area contributed by atoms with E-state index >= 15 is 0 Å². The third-order valence-electron chi connectivity index (χ3n) is 4.55. The molecule has 1 aliphatic heterocycles. The third kappa shape index (κ3) is 1.59. The van der Waals surface area contributed by atoms with Crippen molar-refractivity contribution in [2.75, 3.05) is 6.54 Å². The monoisotopic (exact) mass is 249 g/mol. The number of hydrogen-bond donors (Lipinski definition) is 1. The molecule has 1 saturated heterocycles. The lowest BCUT2D eigenvalue weighted by molar-refractivity contribution is -0.150. The molecule has 0 bridgehead atoms. The average Bonchev–Trinajstić information content (AvgIpc) is 2.95. The van der Waals surface area contributed by atoms with E-state index in [1.165, 1.54) is 5.56 Å². The van der Waals surface area contributed by atoms with Crippen LogP contribution in [0, 0.1) is 0 Å². The van der Waals surface area contributed by atoms with Gasteiger partial charge in [-0.1, -0.05) is 0 Å². The highest BCUT2D eigenvalue weighted by Gasteiger charge is 2.47. The standard InChI is InChI=1S/C14H19NO3/c1-14(13(16)17)7-3-8-15(14)11-4-2-5-12-10(11)6-9-18-12/h6,9,11H,2-5,7-8H2,1H3,(H,16,17). The van der Waals surface area contributed by atoms with Crippen LogP contribution in [0.5, 0.6) is 0 Å². The Morgan fingerprint density at radius 1 is 1.56 bits per heavy atom. The van der Waals surface area contributed by atoms with Crippen molar-refractivity contribution in [2.45, 2.75) is 50.6 Å². The summed E-state index contributed by atoms with van der Waals surface area (Å²) < 4.78 is 5.50. The summed E-state index contributed by atoms with van der Waals surface area (Å²) in [6, 6.07) is 2.23. The summed E-state index contributed by atoms with van der Waals surface area (Å²) in [5.41, 5.74) is 0.493. The number of aliphatic carboxylic acids is 1. The van der Waals surface area contributed by atoms with E-state index in [-0.39, 0.29) is 6.04 Å². The van der Waals surface area contributed by atoms with Gasteiger partial charge in [-0.3, -0.25) is 9.69 Å². The van der Waals surface area contributed by atoms with Crippen LogP contribution in [0.3, 0.4) is 0 Å². The van der Waals surface area contributed by atoms with Crippen molar-refractivity contribution in [3.8, 4) is 0 Å². The molecular formula is C14H19NO3. The van der Waals surface area contributed by atoms with Crippen molar-refractivity contribution in [2.24, 2.45) is 0 Å². The molecule has 2 aliphatic rings. The van der Waals surface area contributed by atoms with Crippen molar-refractivity contribution in [1.82, 2.24) is 4.90 Å². The van der Waals surface area contributed by atoms with Crippen LogP contribution in [0.4, 0.5) is 0 Å². The normalized spacial score (nSPS) is 32.4. The molecule has 3 rings (SSSR count). The van der Waals surface area contributed by atoms with Gasteiger partial charge in [-0.15, -0.1) is 0 Å². The number of fused-ring (bicyclic) bond motifs is 1. The number of likely N-dealkylation sites (tertiary alicyclic amines) is 1. The molecule has 4 nitrogen and oxygen atoms in total. The first-order chi connectivity index (χ1) is 8.63. The average molecular weight is 249 g/mol. The van der Waals surface area contributed by atoms with Crippen molar-refractivity contribution in [3.05, 3.63) is 23.7 Å².